The molecule has 6 rings (SSSR count). The number of unbranched alkanes of at least 4 members (excludes halogenated alkanes) is 3. The van der Waals surface area contributed by atoms with E-state index in [2.05, 4.69) is 42.1 Å². The van der Waals surface area contributed by atoms with Crippen molar-refractivity contribution < 1.29 is 33.0 Å². The predicted molar refractivity (Wildman–Crippen MR) is 216 cm³/mol. The van der Waals surface area contributed by atoms with Crippen molar-refractivity contribution in [1.29, 1.82) is 0 Å². The van der Waals surface area contributed by atoms with E-state index in [0.717, 1.165) is 53.5 Å². The van der Waals surface area contributed by atoms with E-state index in [9.17, 15) is 23.6 Å². The van der Waals surface area contributed by atoms with Gasteiger partial charge in [-0.1, -0.05) is 12.5 Å². The molecule has 0 radical (unpaired) electrons. The highest BCUT2D eigenvalue weighted by molar-refractivity contribution is 8.00. The van der Waals surface area contributed by atoms with Gasteiger partial charge in [-0.3, -0.25) is 24.6 Å². The van der Waals surface area contributed by atoms with E-state index in [-0.39, 0.29) is 41.7 Å². The summed E-state index contributed by atoms with van der Waals surface area (Å²) in [5.74, 6) is 2.52. The van der Waals surface area contributed by atoms with E-state index in [4.69, 9.17) is 9.47 Å². The second kappa shape index (κ2) is 20.2. The molecule has 0 bridgehead atoms. The van der Waals surface area contributed by atoms with E-state index in [0.29, 0.717) is 99.4 Å². The fourth-order valence-electron chi connectivity index (χ4n) is 7.19. The smallest absolute Gasteiger partial charge is 0.315 e. The number of carbonyl (C=O) groups is 4. The van der Waals surface area contributed by atoms with Gasteiger partial charge in [-0.05, 0) is 86.7 Å². The van der Waals surface area contributed by atoms with E-state index in [1.807, 2.05) is 30.0 Å². The van der Waals surface area contributed by atoms with Gasteiger partial charge in [-0.15, -0.1) is 0 Å². The van der Waals surface area contributed by atoms with Gasteiger partial charge in [0.05, 0.1) is 31.5 Å². The molecule has 2 fully saturated rings. The van der Waals surface area contributed by atoms with Crippen LogP contribution in [0, 0.1) is 5.82 Å². The van der Waals surface area contributed by atoms with Crippen LogP contribution in [0.3, 0.4) is 0 Å². The zero-order chi connectivity index (χ0) is 39.3. The Morgan fingerprint density at radius 2 is 1.52 bits per heavy atom. The zero-order valence-corrected chi connectivity index (χ0v) is 32.6. The molecule has 3 aliphatic heterocycles. The molecule has 2 saturated heterocycles. The summed E-state index contributed by atoms with van der Waals surface area (Å²) >= 11 is 1.89. The first kappa shape index (κ1) is 40.5. The number of ether oxygens (including phenoxy) is 2. The number of hydrogen-bond acceptors (Lipinski definition) is 8. The Morgan fingerprint density at radius 1 is 0.821 bits per heavy atom. The standard InChI is InChI=1S/C40H53FN8O6S/c1-54-31-23-28-25(20-29-37(28)48-49-39(29)45-27-11-8-10-26(41)22-27)21-32(31)55-19-9-18-44-36(52)15-5-7-17-43-35(51)14-4-6-16-42-34(50)13-3-2-12-33-38-30(24-56-33)46-40(53)47-38/h8,10-11,20-23,30,33,38,45,48-49H,2-7,9,12-19,24H2,1H3,(H,42,50)(H,43,51)(H,44,52)(H2,46,47,53). The number of fused-ring (bicyclic) bond motifs is 4. The summed E-state index contributed by atoms with van der Waals surface area (Å²) in [6.45, 7) is 1.95. The molecule has 5 amide bonds. The third kappa shape index (κ3) is 11.2. The average Bonchev–Trinajstić information content (AvgIpc) is 3.94. The SMILES string of the molecule is COc1cc2c3[nH][nH]c(Nc4cccc(F)c4)c-3cc2cc1OCCCNC(=O)CCCCNC(=O)CCCCNC(=O)CCCCC1SCC2NC(=O)NC21. The molecule has 302 valence electrons. The number of benzene rings is 2. The molecule has 4 aliphatic rings. The maximum absolute atomic E-state index is 13.7. The number of anilines is 2. The quantitative estimate of drug-likeness (QED) is 0.0348. The van der Waals surface area contributed by atoms with Crippen LogP contribution in [0.15, 0.2) is 42.5 Å². The van der Waals surface area contributed by atoms with Crippen molar-refractivity contribution >= 4 is 57.8 Å². The molecule has 0 aromatic heterocycles. The molecule has 3 atom stereocenters. The third-order valence-electron chi connectivity index (χ3n) is 10.1. The summed E-state index contributed by atoms with van der Waals surface area (Å²) in [5, 5.41) is 26.6. The Labute approximate surface area is 330 Å². The van der Waals surface area contributed by atoms with Crippen molar-refractivity contribution in [2.24, 2.45) is 0 Å². The molecule has 14 nitrogen and oxygen atoms in total. The molecule has 2 aromatic carbocycles. The third-order valence-corrected chi connectivity index (χ3v) is 11.6. The van der Waals surface area contributed by atoms with Gasteiger partial charge in [0.15, 0.2) is 11.5 Å². The summed E-state index contributed by atoms with van der Waals surface area (Å²) in [6, 6.07) is 12.5. The molecule has 8 N–H and O–H groups in total. The largest absolute Gasteiger partial charge is 0.493 e. The van der Waals surface area contributed by atoms with Crippen molar-refractivity contribution in [3.8, 4) is 22.8 Å². The summed E-state index contributed by atoms with van der Waals surface area (Å²) in [7, 11) is 1.59. The molecule has 3 unspecified atom stereocenters. The highest BCUT2D eigenvalue weighted by atomic mass is 32.2. The Balaban J connectivity index is 0.764. The maximum Gasteiger partial charge on any atom is 0.315 e. The lowest BCUT2D eigenvalue weighted by Gasteiger charge is -2.16. The Morgan fingerprint density at radius 3 is 2.21 bits per heavy atom. The van der Waals surface area contributed by atoms with E-state index in [1.165, 1.54) is 12.1 Å². The van der Waals surface area contributed by atoms with Crippen molar-refractivity contribution in [1.82, 2.24) is 36.8 Å². The first-order chi connectivity index (χ1) is 27.3. The number of hydrogen-bond donors (Lipinski definition) is 8. The molecule has 2 aromatic rings. The fraction of sp³-hybridized carbons (Fsp3) is 0.500. The monoisotopic (exact) mass is 792 g/mol. The maximum atomic E-state index is 13.7. The predicted octanol–water partition coefficient (Wildman–Crippen LogP) is 5.68. The van der Waals surface area contributed by atoms with E-state index >= 15 is 0 Å². The fourth-order valence-corrected chi connectivity index (χ4v) is 8.73. The van der Waals surface area contributed by atoms with Crippen molar-refractivity contribution in [3.63, 3.8) is 0 Å². The van der Waals surface area contributed by atoms with Crippen LogP contribution in [0.1, 0.15) is 70.6 Å². The van der Waals surface area contributed by atoms with E-state index < -0.39 is 0 Å². The number of urea groups is 1. The second-order valence-corrected chi connectivity index (χ2v) is 15.6. The van der Waals surface area contributed by atoms with Gasteiger partial charge in [-0.25, -0.2) is 9.18 Å². The van der Waals surface area contributed by atoms with Crippen LogP contribution >= 0.6 is 11.8 Å². The minimum atomic E-state index is -0.320. The number of thioether (sulfide) groups is 1. The van der Waals surface area contributed by atoms with Crippen LogP contribution in [0.5, 0.6) is 11.5 Å². The highest BCUT2D eigenvalue weighted by Gasteiger charge is 2.42. The van der Waals surface area contributed by atoms with Crippen LogP contribution in [-0.2, 0) is 14.4 Å². The van der Waals surface area contributed by atoms with Gasteiger partial charge in [0, 0.05) is 66.5 Å². The Bertz CT molecular complexity index is 1920. The van der Waals surface area contributed by atoms with E-state index in [1.54, 1.807) is 19.2 Å². The summed E-state index contributed by atoms with van der Waals surface area (Å²) < 4.78 is 25.3. The van der Waals surface area contributed by atoms with Gasteiger partial charge < -0.3 is 41.4 Å². The zero-order valence-electron chi connectivity index (χ0n) is 31.8. The number of nitrogens with one attached hydrogen (secondary N) is 8. The number of methoxy groups -OCH3 is 1. The summed E-state index contributed by atoms with van der Waals surface area (Å²) in [6.07, 6.45) is 7.49. The van der Waals surface area contributed by atoms with Crippen molar-refractivity contribution in [3.05, 3.63) is 48.3 Å². The van der Waals surface area contributed by atoms with Gasteiger partial charge >= 0.3 is 6.03 Å². The molecule has 56 heavy (non-hydrogen) atoms. The number of amides is 5. The molecule has 0 spiro atoms. The molecule has 1 aliphatic carbocycles. The minimum absolute atomic E-state index is 0.0191. The Kier molecular flexibility index (Phi) is 14.6. The van der Waals surface area contributed by atoms with Gasteiger partial charge in [0.25, 0.3) is 0 Å². The van der Waals surface area contributed by atoms with Crippen LogP contribution in [-0.4, -0.2) is 90.4 Å². The number of halogens is 1. The highest BCUT2D eigenvalue weighted by Crippen LogP contribution is 2.43. The van der Waals surface area contributed by atoms with Crippen molar-refractivity contribution in [2.45, 2.75) is 88.0 Å². The summed E-state index contributed by atoms with van der Waals surface area (Å²) in [4.78, 5) is 48.2. The molecular formula is C40H53FN8O6S. The van der Waals surface area contributed by atoms with Gasteiger partial charge in [0.1, 0.15) is 11.6 Å². The number of carbonyl (C=O) groups excluding carboxylic acids is 4. The lowest BCUT2D eigenvalue weighted by atomic mass is 10.0. The molecular weight excluding hydrogens is 740 g/mol. The summed E-state index contributed by atoms with van der Waals surface area (Å²) in [5.41, 5.74) is 2.43. The molecule has 16 heteroatoms. The lowest BCUT2D eigenvalue weighted by Crippen LogP contribution is -2.36. The first-order valence-electron chi connectivity index (χ1n) is 19.6. The van der Waals surface area contributed by atoms with Crippen LogP contribution in [0.4, 0.5) is 20.7 Å². The number of rotatable bonds is 23. The van der Waals surface area contributed by atoms with Crippen LogP contribution in [0.25, 0.3) is 22.0 Å². The van der Waals surface area contributed by atoms with Crippen LogP contribution < -0.4 is 41.4 Å². The van der Waals surface area contributed by atoms with Crippen molar-refractivity contribution in [2.75, 3.05) is 44.4 Å². The average molecular weight is 793 g/mol. The minimum Gasteiger partial charge on any atom is -0.493 e. The molecule has 0 saturated carbocycles. The lowest BCUT2D eigenvalue weighted by molar-refractivity contribution is -0.122. The van der Waals surface area contributed by atoms with Gasteiger partial charge in [0.2, 0.25) is 17.7 Å². The Hall–Kier alpha value is -5.12. The first-order valence-corrected chi connectivity index (χ1v) is 20.7. The van der Waals surface area contributed by atoms with Crippen LogP contribution in [0.2, 0.25) is 0 Å². The molecule has 3 heterocycles. The number of aromatic nitrogens is 2. The topological polar surface area (TPSA) is 190 Å². The number of aromatic amines is 2. The second-order valence-electron chi connectivity index (χ2n) is 14.3. The number of H-pyrrole nitrogens is 2. The normalized spacial score (nSPS) is 17.3. The van der Waals surface area contributed by atoms with Gasteiger partial charge in [-0.2, -0.15) is 11.8 Å².